The summed E-state index contributed by atoms with van der Waals surface area (Å²) in [4.78, 5) is 24.5. The van der Waals surface area contributed by atoms with E-state index in [2.05, 4.69) is 26.8 Å². The molecule has 0 fully saturated rings. The van der Waals surface area contributed by atoms with Gasteiger partial charge in [-0.2, -0.15) is 0 Å². The number of benzene rings is 3. The van der Waals surface area contributed by atoms with Gasteiger partial charge in [-0.1, -0.05) is 42.5 Å². The molecule has 0 radical (unpaired) electrons. The second-order valence-electron chi connectivity index (χ2n) is 5.93. The van der Waals surface area contributed by atoms with E-state index in [0.29, 0.717) is 28.0 Å². The molecule has 0 saturated heterocycles. The van der Waals surface area contributed by atoms with Gasteiger partial charge in [0.2, 0.25) is 0 Å². The summed E-state index contributed by atoms with van der Waals surface area (Å²) in [5, 5.41) is 0. The van der Waals surface area contributed by atoms with E-state index in [1.54, 1.807) is 30.3 Å². The Kier molecular flexibility index (Phi) is 6.45. The molecule has 0 unspecified atom stereocenters. The summed E-state index contributed by atoms with van der Waals surface area (Å²) in [6, 6.07) is 22.0. The van der Waals surface area contributed by atoms with E-state index >= 15 is 0 Å². The normalized spacial score (nSPS) is 10.2. The van der Waals surface area contributed by atoms with Crippen LogP contribution in [0.25, 0.3) is 11.1 Å². The monoisotopic (exact) mass is 438 g/mol. The molecule has 0 bridgehead atoms. The Hall–Kier alpha value is -3.12. The van der Waals surface area contributed by atoms with Crippen LogP contribution >= 0.6 is 15.9 Å². The molecule has 0 aromatic heterocycles. The van der Waals surface area contributed by atoms with Gasteiger partial charge in [-0.25, -0.2) is 0 Å². The van der Waals surface area contributed by atoms with Crippen LogP contribution in [-0.2, 0) is 0 Å². The zero-order valence-corrected chi connectivity index (χ0v) is 16.8. The third kappa shape index (κ3) is 4.78. The number of amides is 2. The fourth-order valence-electron chi connectivity index (χ4n) is 2.62. The van der Waals surface area contributed by atoms with Gasteiger partial charge in [0, 0.05) is 11.1 Å². The van der Waals surface area contributed by atoms with E-state index in [-0.39, 0.29) is 0 Å². The third-order valence-corrected chi connectivity index (χ3v) is 4.66. The molecule has 3 rings (SSSR count). The first-order chi connectivity index (χ1) is 13.6. The minimum atomic E-state index is -0.419. The summed E-state index contributed by atoms with van der Waals surface area (Å²) in [5.74, 6) is -0.155. The quantitative estimate of drug-likeness (QED) is 0.572. The number of carbonyl (C=O) groups excluding carboxylic acids is 2. The summed E-state index contributed by atoms with van der Waals surface area (Å²) in [6.45, 7) is 2.41. The molecule has 2 N–H and O–H groups in total. The number of ether oxygens (including phenoxy) is 1. The van der Waals surface area contributed by atoms with Crippen LogP contribution in [0.1, 0.15) is 27.6 Å². The van der Waals surface area contributed by atoms with E-state index in [9.17, 15) is 9.59 Å². The average molecular weight is 439 g/mol. The largest absolute Gasteiger partial charge is 0.493 e. The van der Waals surface area contributed by atoms with Crippen molar-refractivity contribution in [3.8, 4) is 16.9 Å². The fourth-order valence-corrected chi connectivity index (χ4v) is 3.11. The van der Waals surface area contributed by atoms with Crippen LogP contribution in [0.4, 0.5) is 0 Å². The highest BCUT2D eigenvalue weighted by atomic mass is 79.9. The van der Waals surface area contributed by atoms with Gasteiger partial charge in [0.15, 0.2) is 0 Å². The molecule has 28 heavy (non-hydrogen) atoms. The summed E-state index contributed by atoms with van der Waals surface area (Å²) < 4.78 is 6.09. The van der Waals surface area contributed by atoms with Crippen molar-refractivity contribution in [3.05, 3.63) is 88.4 Å². The SMILES string of the molecule is CCOc1ccc(C(=O)NNC(=O)c2ccc(-c3ccccc3)cc2)cc1Br. The van der Waals surface area contributed by atoms with Crippen LogP contribution in [0.3, 0.4) is 0 Å². The van der Waals surface area contributed by atoms with Crippen LogP contribution in [0.5, 0.6) is 5.75 Å². The van der Waals surface area contributed by atoms with Crippen molar-refractivity contribution in [1.29, 1.82) is 0 Å². The Morgan fingerprint density at radius 1 is 0.821 bits per heavy atom. The molecule has 3 aromatic carbocycles. The molecule has 0 spiro atoms. The molecule has 0 aliphatic rings. The number of hydrazine groups is 1. The van der Waals surface area contributed by atoms with Crippen molar-refractivity contribution < 1.29 is 14.3 Å². The number of hydrogen-bond acceptors (Lipinski definition) is 3. The maximum atomic E-state index is 12.3. The lowest BCUT2D eigenvalue weighted by molar-refractivity contribution is 0.0846. The summed E-state index contributed by atoms with van der Waals surface area (Å²) in [6.07, 6.45) is 0. The van der Waals surface area contributed by atoms with Crippen LogP contribution in [0.2, 0.25) is 0 Å². The minimum Gasteiger partial charge on any atom is -0.493 e. The topological polar surface area (TPSA) is 67.4 Å². The average Bonchev–Trinajstić information content (AvgIpc) is 2.74. The number of carbonyl (C=O) groups is 2. The summed E-state index contributed by atoms with van der Waals surface area (Å²) >= 11 is 3.37. The predicted octanol–water partition coefficient (Wildman–Crippen LogP) is 4.59. The zero-order chi connectivity index (χ0) is 19.9. The number of rotatable bonds is 5. The molecule has 142 valence electrons. The summed E-state index contributed by atoms with van der Waals surface area (Å²) in [7, 11) is 0. The van der Waals surface area contributed by atoms with Gasteiger partial charge in [-0.05, 0) is 64.3 Å². The first kappa shape index (κ1) is 19.6. The third-order valence-electron chi connectivity index (χ3n) is 4.04. The second kappa shape index (κ2) is 9.19. The highest BCUT2D eigenvalue weighted by Crippen LogP contribution is 2.26. The van der Waals surface area contributed by atoms with E-state index in [1.807, 2.05) is 49.4 Å². The van der Waals surface area contributed by atoms with Gasteiger partial charge in [0.1, 0.15) is 5.75 Å². The molecule has 6 heteroatoms. The van der Waals surface area contributed by atoms with Crippen LogP contribution < -0.4 is 15.6 Å². The smallest absolute Gasteiger partial charge is 0.269 e. The van der Waals surface area contributed by atoms with Crippen LogP contribution in [0.15, 0.2) is 77.3 Å². The van der Waals surface area contributed by atoms with Gasteiger partial charge in [0.25, 0.3) is 11.8 Å². The van der Waals surface area contributed by atoms with Crippen molar-refractivity contribution in [2.75, 3.05) is 6.61 Å². The van der Waals surface area contributed by atoms with Crippen LogP contribution in [0, 0.1) is 0 Å². The maximum absolute atomic E-state index is 12.3. The first-order valence-corrected chi connectivity index (χ1v) is 9.56. The van der Waals surface area contributed by atoms with Crippen molar-refractivity contribution in [2.45, 2.75) is 6.92 Å². The first-order valence-electron chi connectivity index (χ1n) is 8.77. The Labute approximate surface area is 171 Å². The van der Waals surface area contributed by atoms with Gasteiger partial charge >= 0.3 is 0 Å². The van der Waals surface area contributed by atoms with E-state index in [4.69, 9.17) is 4.74 Å². The number of halogens is 1. The van der Waals surface area contributed by atoms with Crippen molar-refractivity contribution in [3.63, 3.8) is 0 Å². The highest BCUT2D eigenvalue weighted by molar-refractivity contribution is 9.10. The lowest BCUT2D eigenvalue weighted by Crippen LogP contribution is -2.41. The highest BCUT2D eigenvalue weighted by Gasteiger charge is 2.11. The molecular formula is C22H19BrN2O3. The van der Waals surface area contributed by atoms with Gasteiger partial charge in [-0.3, -0.25) is 20.4 Å². The van der Waals surface area contributed by atoms with E-state index in [0.717, 1.165) is 11.1 Å². The van der Waals surface area contributed by atoms with Gasteiger partial charge in [0.05, 0.1) is 11.1 Å². The fraction of sp³-hybridized carbons (Fsp3) is 0.0909. The van der Waals surface area contributed by atoms with Crippen molar-refractivity contribution >= 4 is 27.7 Å². The van der Waals surface area contributed by atoms with E-state index in [1.165, 1.54) is 0 Å². The number of nitrogens with one attached hydrogen (secondary N) is 2. The van der Waals surface area contributed by atoms with Gasteiger partial charge < -0.3 is 4.74 Å². The van der Waals surface area contributed by atoms with Crippen molar-refractivity contribution in [1.82, 2.24) is 10.9 Å². The molecule has 0 heterocycles. The zero-order valence-electron chi connectivity index (χ0n) is 15.2. The molecule has 3 aromatic rings. The van der Waals surface area contributed by atoms with Gasteiger partial charge in [-0.15, -0.1) is 0 Å². The summed E-state index contributed by atoms with van der Waals surface area (Å²) in [5.41, 5.74) is 7.79. The van der Waals surface area contributed by atoms with Crippen molar-refractivity contribution in [2.24, 2.45) is 0 Å². The molecule has 0 atom stereocenters. The Morgan fingerprint density at radius 3 is 2.00 bits per heavy atom. The molecule has 0 aliphatic carbocycles. The lowest BCUT2D eigenvalue weighted by atomic mass is 10.0. The standard InChI is InChI=1S/C22H19BrN2O3/c1-2-28-20-13-12-18(14-19(20)23)22(27)25-24-21(26)17-10-8-16(9-11-17)15-6-4-3-5-7-15/h3-14H,2H2,1H3,(H,24,26)(H,25,27). The molecule has 0 saturated carbocycles. The minimum absolute atomic E-state index is 0.391. The molecule has 0 aliphatic heterocycles. The molecular weight excluding hydrogens is 420 g/mol. The molecule has 5 nitrogen and oxygen atoms in total. The predicted molar refractivity (Wildman–Crippen MR) is 112 cm³/mol. The molecule has 2 amide bonds. The van der Waals surface area contributed by atoms with Crippen LogP contribution in [-0.4, -0.2) is 18.4 Å². The maximum Gasteiger partial charge on any atom is 0.269 e. The lowest BCUT2D eigenvalue weighted by Gasteiger charge is -2.10. The Balaban J connectivity index is 1.60. The Morgan fingerprint density at radius 2 is 1.39 bits per heavy atom. The number of hydrogen-bond donors (Lipinski definition) is 2. The van der Waals surface area contributed by atoms with E-state index < -0.39 is 11.8 Å². The second-order valence-corrected chi connectivity index (χ2v) is 6.78. The Bertz CT molecular complexity index is 973.